The van der Waals surface area contributed by atoms with Crippen LogP contribution in [0.1, 0.15) is 0 Å². The standard InChI is InChI=1S/C12H2Br25N/c13-1(14,3(17,18)5(21,22)7(25,26)9(29,30)11(33,34)35)2(15,16)4(19,20)6(23,24)8(27,28)10(31,32)12(36,37)38/h38H2. The zero-order valence-electron chi connectivity index (χ0n) is 16.0. The Morgan fingerprint density at radius 3 is 0.474 bits per heavy atom. The highest BCUT2D eigenvalue weighted by atomic mass is 80.0. The van der Waals surface area contributed by atoms with Crippen LogP contribution in [0.5, 0.6) is 0 Å². The Morgan fingerprint density at radius 2 is 0.342 bits per heavy atom. The zero-order valence-corrected chi connectivity index (χ0v) is 55.7. The van der Waals surface area contributed by atoms with E-state index in [0.29, 0.717) is 0 Å². The highest BCUT2D eigenvalue weighted by Crippen LogP contribution is 2.81. The topological polar surface area (TPSA) is 26.0 Å². The highest BCUT2D eigenvalue weighted by Gasteiger charge is 2.81. The molecule has 0 bridgehead atoms. The van der Waals surface area contributed by atoms with Crippen molar-refractivity contribution in [3.05, 3.63) is 0 Å². The summed E-state index contributed by atoms with van der Waals surface area (Å²) in [5, 5.41) is 0. The van der Waals surface area contributed by atoms with Gasteiger partial charge < -0.3 is 5.73 Å². The smallest absolute Gasteiger partial charge is 0.162 e. The molecule has 0 fully saturated rings. The molecule has 0 aromatic heterocycles. The van der Waals surface area contributed by atoms with Gasteiger partial charge in [0, 0.05) is 0 Å². The number of alkyl halides is 25. The number of hydrogen-bond acceptors (Lipinski definition) is 1. The van der Waals surface area contributed by atoms with E-state index >= 15 is 0 Å². The Balaban J connectivity index is 7.29. The Labute approximate surface area is 431 Å². The van der Waals surface area contributed by atoms with E-state index in [4.69, 9.17) is 5.73 Å². The van der Waals surface area contributed by atoms with Crippen molar-refractivity contribution in [2.75, 3.05) is 0 Å². The number of halogens is 25. The first-order chi connectivity index (χ1) is 15.8. The van der Waals surface area contributed by atoms with Crippen LogP contribution in [0.2, 0.25) is 0 Å². The van der Waals surface area contributed by atoms with Gasteiger partial charge in [-0.3, -0.25) is 0 Å². The molecular weight excluding hydrogens is 2160 g/mol. The van der Waals surface area contributed by atoms with E-state index in [2.05, 4.69) is 398 Å². The van der Waals surface area contributed by atoms with E-state index in [9.17, 15) is 0 Å². The third kappa shape index (κ3) is 8.59. The van der Waals surface area contributed by atoms with E-state index in [0.717, 1.165) is 0 Å². The van der Waals surface area contributed by atoms with Gasteiger partial charge in [-0.25, -0.2) is 0 Å². The van der Waals surface area contributed by atoms with Gasteiger partial charge in [0.2, 0.25) is 0 Å². The number of hydrogen-bond donors (Lipinski definition) is 1. The second kappa shape index (κ2) is 16.0. The minimum absolute atomic E-state index is 0.854. The lowest BCUT2D eigenvalue weighted by Crippen LogP contribution is -2.72. The van der Waals surface area contributed by atoms with Crippen LogP contribution in [0.4, 0.5) is 0 Å². The van der Waals surface area contributed by atoms with Crippen LogP contribution in [-0.2, 0) is 0 Å². The molecule has 0 radical (unpaired) electrons. The van der Waals surface area contributed by atoms with Gasteiger partial charge in [0.1, 0.15) is 32.3 Å². The first-order valence-electron chi connectivity index (χ1n) is 7.76. The largest absolute Gasteiger partial charge is 0.305 e. The summed E-state index contributed by atoms with van der Waals surface area (Å²) in [6, 6.07) is 0. The summed E-state index contributed by atoms with van der Waals surface area (Å²) in [5.41, 5.74) is 6.39. The molecule has 0 aromatic carbocycles. The molecule has 0 heterocycles. The zero-order chi connectivity index (χ0) is 32.0. The molecule has 0 aliphatic carbocycles. The first-order valence-corrected chi connectivity index (χ1v) is 27.6. The molecule has 1 nitrogen and oxygen atoms in total. The van der Waals surface area contributed by atoms with E-state index in [1.807, 2.05) is 0 Å². The summed E-state index contributed by atoms with van der Waals surface area (Å²) in [7, 11) is 0. The predicted octanol–water partition coefficient (Wildman–Crippen LogP) is 18.1. The first kappa shape index (κ1) is 50.0. The molecule has 0 aromatic rings. The summed E-state index contributed by atoms with van der Waals surface area (Å²) < 4.78 is -13.3. The quantitative estimate of drug-likeness (QED) is 0.171. The van der Waals surface area contributed by atoms with E-state index in [1.165, 1.54) is 0 Å². The summed E-state index contributed by atoms with van der Waals surface area (Å²) >= 11 is 94.7. The maximum atomic E-state index is 6.39. The lowest BCUT2D eigenvalue weighted by molar-refractivity contribution is 0.541. The van der Waals surface area contributed by atoms with Crippen molar-refractivity contribution in [2.24, 2.45) is 5.73 Å². The molecule has 0 spiro atoms. The van der Waals surface area contributed by atoms with Gasteiger partial charge in [0.15, 0.2) is 5.50 Å². The van der Waals surface area contributed by atoms with Gasteiger partial charge in [-0.05, 0) is 0 Å². The maximum Gasteiger partial charge on any atom is 0.162 e. The van der Waals surface area contributed by atoms with Crippen LogP contribution in [-0.4, -0.2) is 37.8 Å². The fourth-order valence-corrected chi connectivity index (χ4v) is 25.4. The van der Waals surface area contributed by atoms with Crippen molar-refractivity contribution in [1.29, 1.82) is 0 Å². The molecular formula is C12H2Br25N. The van der Waals surface area contributed by atoms with Crippen LogP contribution in [0.15, 0.2) is 0 Å². The molecule has 0 unspecified atom stereocenters. The van der Waals surface area contributed by atoms with Gasteiger partial charge in [-0.1, -0.05) is 398 Å². The lowest BCUT2D eigenvalue weighted by atomic mass is 10.0. The van der Waals surface area contributed by atoms with Crippen LogP contribution >= 0.6 is 398 Å². The van der Waals surface area contributed by atoms with Crippen molar-refractivity contribution in [3.8, 4) is 0 Å². The maximum absolute atomic E-state index is 6.39. The Bertz CT molecular complexity index is 798. The van der Waals surface area contributed by atoms with Crippen LogP contribution < -0.4 is 5.73 Å². The molecule has 0 aliphatic rings. The van der Waals surface area contributed by atoms with Crippen LogP contribution in [0.3, 0.4) is 0 Å². The summed E-state index contributed by atoms with van der Waals surface area (Å²) in [5.74, 6) is 0. The Hall–Kier alpha value is 12.0. The molecule has 230 valence electrons. The van der Waals surface area contributed by atoms with Crippen LogP contribution in [0, 0.1) is 0 Å². The SMILES string of the molecule is NC(Br)(Br)C(Br)(Br)C(Br)(Br)C(Br)(Br)C(Br)(Br)C(Br)(Br)C(Br)(Br)C(Br)(Br)C(Br)(Br)C(Br)(Br)C(Br)(Br)C(Br)(Br)Br. The Morgan fingerprint density at radius 1 is 0.211 bits per heavy atom. The van der Waals surface area contributed by atoms with Crippen LogP contribution in [0.25, 0.3) is 0 Å². The normalized spacial score (nSPS) is 17.2. The van der Waals surface area contributed by atoms with Gasteiger partial charge in [0.05, 0.1) is 0 Å². The van der Waals surface area contributed by atoms with Crippen molar-refractivity contribution in [3.63, 3.8) is 0 Å². The molecule has 0 saturated carbocycles. The molecule has 0 atom stereocenters. The monoisotopic (exact) mass is 2130 g/mol. The third-order valence-electron chi connectivity index (χ3n) is 4.32. The fraction of sp³-hybridized carbons (Fsp3) is 1.00. The number of nitrogens with two attached hydrogens (primary N) is 1. The number of rotatable bonds is 10. The summed E-state index contributed by atoms with van der Waals surface area (Å²) in [6.45, 7) is 0. The molecule has 38 heavy (non-hydrogen) atoms. The molecule has 0 aliphatic heterocycles. The lowest BCUT2D eigenvalue weighted by Gasteiger charge is -2.60. The minimum atomic E-state index is -1.20. The van der Waals surface area contributed by atoms with Crippen molar-refractivity contribution in [1.82, 2.24) is 0 Å². The minimum Gasteiger partial charge on any atom is -0.305 e. The predicted molar refractivity (Wildman–Crippen MR) is 260 cm³/mol. The van der Waals surface area contributed by atoms with Gasteiger partial charge >= 0.3 is 0 Å². The summed E-state index contributed by atoms with van der Waals surface area (Å²) in [6.07, 6.45) is 0. The molecule has 0 saturated heterocycles. The summed E-state index contributed by atoms with van der Waals surface area (Å²) in [4.78, 5) is 0. The van der Waals surface area contributed by atoms with E-state index in [-0.39, 0.29) is 0 Å². The van der Waals surface area contributed by atoms with Gasteiger partial charge in [-0.15, -0.1) is 0 Å². The van der Waals surface area contributed by atoms with Gasteiger partial charge in [-0.2, -0.15) is 0 Å². The van der Waals surface area contributed by atoms with Crippen molar-refractivity contribution < 1.29 is 0 Å². The molecule has 0 amide bonds. The van der Waals surface area contributed by atoms with Crippen molar-refractivity contribution >= 4 is 398 Å². The van der Waals surface area contributed by atoms with E-state index < -0.39 is 37.8 Å². The molecule has 26 heteroatoms. The van der Waals surface area contributed by atoms with E-state index in [1.54, 1.807) is 0 Å². The second-order valence-corrected chi connectivity index (χ2v) is 51.6. The average molecular weight is 2160 g/mol. The van der Waals surface area contributed by atoms with Gasteiger partial charge in [0.25, 0.3) is 0 Å². The fourth-order valence-electron chi connectivity index (χ4n) is 1.96. The second-order valence-electron chi connectivity index (χ2n) is 6.86. The highest BCUT2D eigenvalue weighted by molar-refractivity contribution is 9.42. The molecule has 2 N–H and O–H groups in total. The Kier molecular flexibility index (Phi) is 21.0. The van der Waals surface area contributed by atoms with Crippen molar-refractivity contribution in [2.45, 2.75) is 37.8 Å². The molecule has 0 rings (SSSR count). The average Bonchev–Trinajstić information content (AvgIpc) is 2.64. The third-order valence-corrected chi connectivity index (χ3v) is 55.6.